The Hall–Kier alpha value is -1.11. The van der Waals surface area contributed by atoms with E-state index in [1.54, 1.807) is 0 Å². The summed E-state index contributed by atoms with van der Waals surface area (Å²) in [7, 11) is 0. The van der Waals surface area contributed by atoms with E-state index in [4.69, 9.17) is 8.94 Å². The predicted molar refractivity (Wildman–Crippen MR) is 59.0 cm³/mol. The molecule has 0 N–H and O–H groups in total. The van der Waals surface area contributed by atoms with Gasteiger partial charge in [0.25, 0.3) is 3.90 Å². The van der Waals surface area contributed by atoms with Crippen molar-refractivity contribution in [1.82, 2.24) is 10.1 Å². The van der Waals surface area contributed by atoms with Crippen LogP contribution in [0.5, 0.6) is 0 Å². The van der Waals surface area contributed by atoms with Gasteiger partial charge in [-0.1, -0.05) is 5.16 Å². The van der Waals surface area contributed by atoms with E-state index in [0.29, 0.717) is 15.1 Å². The van der Waals surface area contributed by atoms with Crippen LogP contribution >= 0.6 is 22.6 Å². The number of halogens is 1. The van der Waals surface area contributed by atoms with Crippen molar-refractivity contribution in [1.29, 1.82) is 0 Å². The van der Waals surface area contributed by atoms with Gasteiger partial charge < -0.3 is 8.94 Å². The number of rotatable bonds is 0. The minimum atomic E-state index is 0.610. The molecule has 3 rings (SSSR count). The van der Waals surface area contributed by atoms with Gasteiger partial charge in [-0.3, -0.25) is 0 Å². The minimum Gasteiger partial charge on any atom is -0.428 e. The van der Waals surface area contributed by atoms with Gasteiger partial charge in [-0.25, -0.2) is 4.98 Å². The third-order valence-electron chi connectivity index (χ3n) is 2.15. The van der Waals surface area contributed by atoms with Crippen LogP contribution in [0.15, 0.2) is 21.1 Å². The molecule has 1 aromatic carbocycles. The molecule has 0 saturated heterocycles. The zero-order chi connectivity index (χ0) is 9.71. The van der Waals surface area contributed by atoms with Gasteiger partial charge in [0, 0.05) is 28.0 Å². The molecule has 0 unspecified atom stereocenters. The molecule has 3 aromatic rings. The third-order valence-corrected chi connectivity index (χ3v) is 2.61. The fraction of sp³-hybridized carbons (Fsp3) is 0.111. The van der Waals surface area contributed by atoms with Crippen LogP contribution in [0.25, 0.3) is 22.1 Å². The highest BCUT2D eigenvalue weighted by molar-refractivity contribution is 14.1. The lowest BCUT2D eigenvalue weighted by Crippen LogP contribution is -1.71. The van der Waals surface area contributed by atoms with Gasteiger partial charge >= 0.3 is 0 Å². The van der Waals surface area contributed by atoms with Gasteiger partial charge in [0.1, 0.15) is 5.52 Å². The zero-order valence-electron chi connectivity index (χ0n) is 7.24. The van der Waals surface area contributed by atoms with Gasteiger partial charge in [0.15, 0.2) is 0 Å². The molecule has 0 atom stereocenters. The second kappa shape index (κ2) is 2.69. The molecule has 14 heavy (non-hydrogen) atoms. The molecule has 4 nitrogen and oxygen atoms in total. The summed E-state index contributed by atoms with van der Waals surface area (Å²) in [6.07, 6.45) is 0. The summed E-state index contributed by atoms with van der Waals surface area (Å²) in [6, 6.07) is 3.86. The summed E-state index contributed by atoms with van der Waals surface area (Å²) in [6.45, 7) is 1.90. The lowest BCUT2D eigenvalue weighted by atomic mass is 10.2. The lowest BCUT2D eigenvalue weighted by molar-refractivity contribution is 0.446. The van der Waals surface area contributed by atoms with E-state index in [9.17, 15) is 0 Å². The van der Waals surface area contributed by atoms with Crippen LogP contribution in [0, 0.1) is 10.8 Å². The standard InChI is InChI=1S/C9H5IN2O2/c1-4-5-2-3-6-8(7(5)14-12-4)13-9(10)11-6/h2-3H,1H3. The van der Waals surface area contributed by atoms with E-state index in [1.807, 2.05) is 41.6 Å². The van der Waals surface area contributed by atoms with Crippen molar-refractivity contribution in [2.24, 2.45) is 0 Å². The monoisotopic (exact) mass is 300 g/mol. The summed E-state index contributed by atoms with van der Waals surface area (Å²) >= 11 is 2.03. The average Bonchev–Trinajstić information content (AvgIpc) is 2.68. The number of aromatic nitrogens is 2. The molecule has 0 spiro atoms. The topological polar surface area (TPSA) is 52.1 Å². The van der Waals surface area contributed by atoms with Gasteiger partial charge in [-0.15, -0.1) is 0 Å². The fourth-order valence-corrected chi connectivity index (χ4v) is 1.96. The summed E-state index contributed by atoms with van der Waals surface area (Å²) in [5, 5.41) is 4.87. The number of benzene rings is 1. The Morgan fingerprint density at radius 1 is 1.29 bits per heavy atom. The van der Waals surface area contributed by atoms with Crippen molar-refractivity contribution >= 4 is 44.7 Å². The number of nitrogens with zero attached hydrogens (tertiary/aromatic N) is 2. The van der Waals surface area contributed by atoms with E-state index in [2.05, 4.69) is 10.1 Å². The van der Waals surface area contributed by atoms with Crippen molar-refractivity contribution in [3.05, 3.63) is 21.7 Å². The Balaban J connectivity index is 2.60. The van der Waals surface area contributed by atoms with Crippen LogP contribution in [0.2, 0.25) is 0 Å². The van der Waals surface area contributed by atoms with E-state index in [-0.39, 0.29) is 0 Å². The highest BCUT2D eigenvalue weighted by Crippen LogP contribution is 2.28. The highest BCUT2D eigenvalue weighted by Gasteiger charge is 2.12. The molecule has 0 saturated carbocycles. The van der Waals surface area contributed by atoms with E-state index < -0.39 is 0 Å². The Kier molecular flexibility index (Phi) is 1.58. The SMILES string of the molecule is Cc1noc2c1ccc1nc(I)oc12. The first-order chi connectivity index (χ1) is 6.75. The largest absolute Gasteiger partial charge is 0.428 e. The summed E-state index contributed by atoms with van der Waals surface area (Å²) in [5.74, 6) is 0. The van der Waals surface area contributed by atoms with Crippen molar-refractivity contribution in [2.45, 2.75) is 6.92 Å². The molecule has 0 aliphatic heterocycles. The first kappa shape index (κ1) is 8.22. The quantitative estimate of drug-likeness (QED) is 0.599. The number of aryl methyl sites for hydroxylation is 1. The zero-order valence-corrected chi connectivity index (χ0v) is 9.40. The molecule has 2 aromatic heterocycles. The van der Waals surface area contributed by atoms with Crippen molar-refractivity contribution in [3.63, 3.8) is 0 Å². The van der Waals surface area contributed by atoms with Crippen LogP contribution < -0.4 is 0 Å². The summed E-state index contributed by atoms with van der Waals surface area (Å²) in [4.78, 5) is 4.20. The maximum Gasteiger partial charge on any atom is 0.258 e. The smallest absolute Gasteiger partial charge is 0.258 e. The number of hydrogen-bond acceptors (Lipinski definition) is 4. The van der Waals surface area contributed by atoms with Crippen LogP contribution in [-0.4, -0.2) is 10.1 Å². The molecule has 0 aliphatic rings. The molecule has 2 heterocycles. The molecule has 0 aliphatic carbocycles. The van der Waals surface area contributed by atoms with Crippen LogP contribution in [0.4, 0.5) is 0 Å². The van der Waals surface area contributed by atoms with E-state index in [0.717, 1.165) is 16.6 Å². The Labute approximate surface area is 92.4 Å². The molecule has 0 fully saturated rings. The number of fused-ring (bicyclic) bond motifs is 3. The fourth-order valence-electron chi connectivity index (χ4n) is 1.48. The van der Waals surface area contributed by atoms with Crippen molar-refractivity contribution < 1.29 is 8.94 Å². The average molecular weight is 300 g/mol. The lowest BCUT2D eigenvalue weighted by Gasteiger charge is -1.86. The Bertz CT molecular complexity index is 626. The van der Waals surface area contributed by atoms with E-state index >= 15 is 0 Å². The van der Waals surface area contributed by atoms with Crippen LogP contribution in [0.1, 0.15) is 5.69 Å². The molecule has 5 heteroatoms. The summed E-state index contributed by atoms with van der Waals surface area (Å²) < 4.78 is 11.2. The Morgan fingerprint density at radius 3 is 3.00 bits per heavy atom. The minimum absolute atomic E-state index is 0.610. The summed E-state index contributed by atoms with van der Waals surface area (Å²) in [5.41, 5.74) is 3.02. The van der Waals surface area contributed by atoms with Gasteiger partial charge in [-0.05, 0) is 19.1 Å². The molecule has 0 amide bonds. The molecular weight excluding hydrogens is 295 g/mol. The predicted octanol–water partition coefficient (Wildman–Crippen LogP) is 2.88. The van der Waals surface area contributed by atoms with Gasteiger partial charge in [0.2, 0.25) is 11.2 Å². The third kappa shape index (κ3) is 0.985. The second-order valence-corrected chi connectivity index (χ2v) is 3.95. The maximum atomic E-state index is 5.44. The van der Waals surface area contributed by atoms with Gasteiger partial charge in [0.05, 0.1) is 5.69 Å². The van der Waals surface area contributed by atoms with E-state index in [1.165, 1.54) is 0 Å². The molecule has 70 valence electrons. The van der Waals surface area contributed by atoms with Crippen molar-refractivity contribution in [2.75, 3.05) is 0 Å². The first-order valence-corrected chi connectivity index (χ1v) is 5.14. The normalized spacial score (nSPS) is 11.6. The molecular formula is C9H5IN2O2. The first-order valence-electron chi connectivity index (χ1n) is 4.07. The molecule has 0 bridgehead atoms. The molecule has 0 radical (unpaired) electrons. The number of oxazole rings is 1. The highest BCUT2D eigenvalue weighted by atomic mass is 127. The van der Waals surface area contributed by atoms with Gasteiger partial charge in [-0.2, -0.15) is 0 Å². The van der Waals surface area contributed by atoms with Crippen LogP contribution in [-0.2, 0) is 0 Å². The number of hydrogen-bond donors (Lipinski definition) is 0. The van der Waals surface area contributed by atoms with Crippen molar-refractivity contribution in [3.8, 4) is 0 Å². The maximum absolute atomic E-state index is 5.44. The second-order valence-electron chi connectivity index (χ2n) is 3.03. The Morgan fingerprint density at radius 2 is 2.14 bits per heavy atom. The van der Waals surface area contributed by atoms with Crippen LogP contribution in [0.3, 0.4) is 0 Å².